The molecule has 3 amide bonds. The average Bonchev–Trinajstić information content (AvgIpc) is 3.19. The quantitative estimate of drug-likeness (QED) is 0.521. The molecule has 2 N–H and O–H groups in total. The molecule has 3 aromatic rings. The number of carbonyl (C=O) groups is 2. The molecule has 2 aromatic carbocycles. The third-order valence-electron chi connectivity index (χ3n) is 4.92. The zero-order valence-corrected chi connectivity index (χ0v) is 19.7. The monoisotopic (exact) mass is 451 g/mol. The Hall–Kier alpha value is -3.13. The Bertz CT molecular complexity index is 1060. The van der Waals surface area contributed by atoms with Crippen LogP contribution in [-0.2, 0) is 23.3 Å². The standard InChI is InChI=1S/C24H29N5O2S/c1-5-29-21(18-11-13-19(14-12-18)24(2,3)4)27-28-23(29)32-16-20(30)26-22(31)25-15-17-9-7-6-8-10-17/h6-14H,5,15-16H2,1-4H3,(H2,25,26,30,31). The first-order valence-electron chi connectivity index (χ1n) is 10.6. The lowest BCUT2D eigenvalue weighted by atomic mass is 9.87. The van der Waals surface area contributed by atoms with Gasteiger partial charge in [0.25, 0.3) is 0 Å². The first kappa shape index (κ1) is 23.5. The van der Waals surface area contributed by atoms with Gasteiger partial charge in [-0.25, -0.2) is 4.79 Å². The van der Waals surface area contributed by atoms with E-state index in [0.29, 0.717) is 18.2 Å². The summed E-state index contributed by atoms with van der Waals surface area (Å²) >= 11 is 1.26. The number of carbonyl (C=O) groups excluding carboxylic acids is 2. The van der Waals surface area contributed by atoms with Gasteiger partial charge in [0.2, 0.25) is 5.91 Å². The second kappa shape index (κ2) is 10.5. The van der Waals surface area contributed by atoms with Crippen molar-refractivity contribution >= 4 is 23.7 Å². The molecule has 1 heterocycles. The van der Waals surface area contributed by atoms with Crippen molar-refractivity contribution in [2.24, 2.45) is 0 Å². The van der Waals surface area contributed by atoms with Gasteiger partial charge in [-0.1, -0.05) is 87.1 Å². The van der Waals surface area contributed by atoms with Crippen molar-refractivity contribution in [3.05, 3.63) is 65.7 Å². The number of imide groups is 1. The predicted molar refractivity (Wildman–Crippen MR) is 127 cm³/mol. The Balaban J connectivity index is 1.56. The van der Waals surface area contributed by atoms with E-state index >= 15 is 0 Å². The molecular formula is C24H29N5O2S. The Kier molecular flexibility index (Phi) is 7.69. The van der Waals surface area contributed by atoms with Gasteiger partial charge in [-0.2, -0.15) is 0 Å². The maximum absolute atomic E-state index is 12.2. The molecule has 0 fully saturated rings. The number of thioether (sulfide) groups is 1. The van der Waals surface area contributed by atoms with E-state index in [9.17, 15) is 9.59 Å². The normalized spacial score (nSPS) is 11.2. The Morgan fingerprint density at radius 3 is 2.31 bits per heavy atom. The first-order valence-corrected chi connectivity index (χ1v) is 11.5. The highest BCUT2D eigenvalue weighted by Gasteiger charge is 2.17. The molecule has 32 heavy (non-hydrogen) atoms. The number of urea groups is 1. The topological polar surface area (TPSA) is 88.9 Å². The van der Waals surface area contributed by atoms with E-state index in [0.717, 1.165) is 17.0 Å². The summed E-state index contributed by atoms with van der Waals surface area (Å²) in [5, 5.41) is 14.3. The third kappa shape index (κ3) is 6.20. The zero-order valence-electron chi connectivity index (χ0n) is 18.9. The fourth-order valence-electron chi connectivity index (χ4n) is 3.13. The van der Waals surface area contributed by atoms with Crippen LogP contribution in [0.2, 0.25) is 0 Å². The van der Waals surface area contributed by atoms with Gasteiger partial charge in [-0.05, 0) is 23.5 Å². The van der Waals surface area contributed by atoms with Crippen LogP contribution in [0.15, 0.2) is 59.8 Å². The molecule has 0 aliphatic rings. The minimum absolute atomic E-state index is 0.0693. The molecule has 0 spiro atoms. The molecule has 1 aromatic heterocycles. The second-order valence-electron chi connectivity index (χ2n) is 8.38. The molecule has 8 heteroatoms. The maximum Gasteiger partial charge on any atom is 0.321 e. The largest absolute Gasteiger partial charge is 0.334 e. The van der Waals surface area contributed by atoms with Gasteiger partial charge in [0.05, 0.1) is 5.75 Å². The fraction of sp³-hybridized carbons (Fsp3) is 0.333. The van der Waals surface area contributed by atoms with E-state index < -0.39 is 6.03 Å². The van der Waals surface area contributed by atoms with Crippen molar-refractivity contribution in [2.75, 3.05) is 5.75 Å². The highest BCUT2D eigenvalue weighted by Crippen LogP contribution is 2.27. The number of hydrogen-bond acceptors (Lipinski definition) is 5. The summed E-state index contributed by atoms with van der Waals surface area (Å²) in [6, 6.07) is 17.3. The molecule has 0 unspecified atom stereocenters. The summed E-state index contributed by atoms with van der Waals surface area (Å²) in [6.07, 6.45) is 0. The average molecular weight is 452 g/mol. The van der Waals surface area contributed by atoms with Crippen molar-refractivity contribution in [1.29, 1.82) is 0 Å². The van der Waals surface area contributed by atoms with Crippen LogP contribution in [0.25, 0.3) is 11.4 Å². The van der Waals surface area contributed by atoms with Crippen LogP contribution in [0, 0.1) is 0 Å². The van der Waals surface area contributed by atoms with Crippen LogP contribution >= 0.6 is 11.8 Å². The number of benzene rings is 2. The lowest BCUT2D eigenvalue weighted by Gasteiger charge is -2.19. The van der Waals surface area contributed by atoms with E-state index in [1.165, 1.54) is 17.3 Å². The zero-order chi connectivity index (χ0) is 23.1. The second-order valence-corrected chi connectivity index (χ2v) is 9.33. The van der Waals surface area contributed by atoms with Gasteiger partial charge in [-0.3, -0.25) is 10.1 Å². The van der Waals surface area contributed by atoms with Crippen LogP contribution in [0.4, 0.5) is 4.79 Å². The van der Waals surface area contributed by atoms with E-state index in [1.54, 1.807) is 0 Å². The minimum atomic E-state index is -0.518. The molecular weight excluding hydrogens is 422 g/mol. The van der Waals surface area contributed by atoms with Crippen LogP contribution in [-0.4, -0.2) is 32.5 Å². The number of amides is 3. The van der Waals surface area contributed by atoms with Gasteiger partial charge in [0.1, 0.15) is 0 Å². The summed E-state index contributed by atoms with van der Waals surface area (Å²) in [7, 11) is 0. The van der Waals surface area contributed by atoms with Gasteiger partial charge in [0, 0.05) is 18.7 Å². The number of aromatic nitrogens is 3. The smallest absolute Gasteiger partial charge is 0.321 e. The molecule has 0 saturated carbocycles. The van der Waals surface area contributed by atoms with Gasteiger partial charge in [-0.15, -0.1) is 10.2 Å². The van der Waals surface area contributed by atoms with Crippen molar-refractivity contribution in [3.63, 3.8) is 0 Å². The maximum atomic E-state index is 12.2. The molecule has 3 rings (SSSR count). The van der Waals surface area contributed by atoms with Crippen LogP contribution in [0.3, 0.4) is 0 Å². The Morgan fingerprint density at radius 1 is 1.00 bits per heavy atom. The van der Waals surface area contributed by atoms with Crippen molar-refractivity contribution in [1.82, 2.24) is 25.4 Å². The minimum Gasteiger partial charge on any atom is -0.334 e. The van der Waals surface area contributed by atoms with Crippen molar-refractivity contribution in [3.8, 4) is 11.4 Å². The van der Waals surface area contributed by atoms with Gasteiger partial charge in [0.15, 0.2) is 11.0 Å². The van der Waals surface area contributed by atoms with Gasteiger partial charge < -0.3 is 9.88 Å². The Labute approximate surface area is 193 Å². The molecule has 168 valence electrons. The molecule has 7 nitrogen and oxygen atoms in total. The van der Waals surface area contributed by atoms with E-state index in [2.05, 4.69) is 65.9 Å². The first-order chi connectivity index (χ1) is 15.3. The van der Waals surface area contributed by atoms with Crippen LogP contribution in [0.5, 0.6) is 0 Å². The summed E-state index contributed by atoms with van der Waals surface area (Å²) in [5.74, 6) is 0.443. The fourth-order valence-corrected chi connectivity index (χ4v) is 3.93. The predicted octanol–water partition coefficient (Wildman–Crippen LogP) is 4.38. The molecule has 0 atom stereocenters. The lowest BCUT2D eigenvalue weighted by Crippen LogP contribution is -2.40. The van der Waals surface area contributed by atoms with Crippen LogP contribution in [0.1, 0.15) is 38.8 Å². The summed E-state index contributed by atoms with van der Waals surface area (Å²) in [5.41, 5.74) is 3.27. The third-order valence-corrected chi connectivity index (χ3v) is 5.89. The molecule has 0 bridgehead atoms. The molecule has 0 aliphatic heterocycles. The van der Waals surface area contributed by atoms with Crippen molar-refractivity contribution in [2.45, 2.75) is 51.4 Å². The van der Waals surface area contributed by atoms with Crippen molar-refractivity contribution < 1.29 is 9.59 Å². The Morgan fingerprint density at radius 2 is 1.69 bits per heavy atom. The summed E-state index contributed by atoms with van der Waals surface area (Å²) in [6.45, 7) is 9.58. The number of hydrogen-bond donors (Lipinski definition) is 2. The highest BCUT2D eigenvalue weighted by atomic mass is 32.2. The van der Waals surface area contributed by atoms with E-state index in [4.69, 9.17) is 0 Å². The van der Waals surface area contributed by atoms with Gasteiger partial charge >= 0.3 is 6.03 Å². The van der Waals surface area contributed by atoms with E-state index in [1.807, 2.05) is 41.8 Å². The number of nitrogens with one attached hydrogen (secondary N) is 2. The highest BCUT2D eigenvalue weighted by molar-refractivity contribution is 7.99. The summed E-state index contributed by atoms with van der Waals surface area (Å²) in [4.78, 5) is 24.2. The lowest BCUT2D eigenvalue weighted by molar-refractivity contribution is -0.117. The van der Waals surface area contributed by atoms with E-state index in [-0.39, 0.29) is 17.1 Å². The number of nitrogens with zero attached hydrogens (tertiary/aromatic N) is 3. The van der Waals surface area contributed by atoms with Crippen LogP contribution < -0.4 is 10.6 Å². The SMILES string of the molecule is CCn1c(SCC(=O)NC(=O)NCc2ccccc2)nnc1-c1ccc(C(C)(C)C)cc1. The number of rotatable bonds is 7. The summed E-state index contributed by atoms with van der Waals surface area (Å²) < 4.78 is 1.97. The molecule has 0 saturated heterocycles. The molecule has 0 aliphatic carbocycles. The molecule has 0 radical (unpaired) electrons.